The summed E-state index contributed by atoms with van der Waals surface area (Å²) in [4.78, 5) is 7.54. The van der Waals surface area contributed by atoms with Gasteiger partial charge in [0.1, 0.15) is 17.9 Å². The molecule has 0 spiro atoms. The van der Waals surface area contributed by atoms with E-state index in [-0.39, 0.29) is 0 Å². The Labute approximate surface area is 97.2 Å². The van der Waals surface area contributed by atoms with E-state index in [1.165, 1.54) is 0 Å². The molecule has 0 radical (unpaired) electrons. The Bertz CT molecular complexity index is 621. The fourth-order valence-electron chi connectivity index (χ4n) is 1.71. The lowest BCUT2D eigenvalue weighted by Crippen LogP contribution is -2.15. The third kappa shape index (κ3) is 1.44. The van der Waals surface area contributed by atoms with Crippen LogP contribution in [-0.4, -0.2) is 23.2 Å². The lowest BCUT2D eigenvalue weighted by atomic mass is 10.2. The zero-order chi connectivity index (χ0) is 11.1. The second kappa shape index (κ2) is 3.45. The number of rotatable bonds is 0. The molecule has 1 N–H and O–H groups in total. The van der Waals surface area contributed by atoms with Gasteiger partial charge in [0.25, 0.3) is 0 Å². The molecule has 0 saturated carbocycles. The molecule has 0 aliphatic carbocycles. The van der Waals surface area contributed by atoms with Crippen LogP contribution < -0.4 is 9.47 Å². The molecule has 0 atom stereocenters. The van der Waals surface area contributed by atoms with Crippen LogP contribution in [0, 0.1) is 11.6 Å². The molecule has 4 nitrogen and oxygen atoms in total. The molecule has 5 heteroatoms. The average Bonchev–Trinajstić information content (AvgIpc) is 2.28. The fraction of sp³-hybridized carbons (Fsp3) is 0.273. The molecule has 1 aromatic carbocycles. The number of aromatic nitrogens is 2. The molecule has 82 valence electrons. The molecule has 16 heavy (non-hydrogen) atoms. The Balaban J connectivity index is 2.31. The van der Waals surface area contributed by atoms with E-state index in [0.717, 1.165) is 28.2 Å². The van der Waals surface area contributed by atoms with Gasteiger partial charge in [0.2, 0.25) is 0 Å². The Kier molecular flexibility index (Phi) is 2.07. The summed E-state index contributed by atoms with van der Waals surface area (Å²) in [5.41, 5.74) is 2.54. The molecule has 0 unspecified atom stereocenters. The van der Waals surface area contributed by atoms with Crippen molar-refractivity contribution < 1.29 is 9.47 Å². The van der Waals surface area contributed by atoms with Gasteiger partial charge in [0.15, 0.2) is 11.5 Å². The number of benzene rings is 1. The summed E-state index contributed by atoms with van der Waals surface area (Å²) in [6, 6.07) is 3.76. The topological polar surface area (TPSA) is 47.1 Å². The summed E-state index contributed by atoms with van der Waals surface area (Å²) in [7, 11) is 0. The summed E-state index contributed by atoms with van der Waals surface area (Å²) in [6.07, 6.45) is 0. The van der Waals surface area contributed by atoms with Crippen molar-refractivity contribution in [1.29, 1.82) is 0 Å². The van der Waals surface area contributed by atoms with Gasteiger partial charge in [-0.25, -0.2) is 4.98 Å². The highest BCUT2D eigenvalue weighted by molar-refractivity contribution is 7.71. The minimum atomic E-state index is 0.582. The largest absolute Gasteiger partial charge is 0.486 e. The third-order valence-electron chi connectivity index (χ3n) is 2.53. The maximum atomic E-state index is 5.50. The van der Waals surface area contributed by atoms with Crippen LogP contribution in [0.15, 0.2) is 12.1 Å². The number of H-pyrrole nitrogens is 1. The SMILES string of the molecule is Cc1nc2cc3c(cc2[nH]c1=S)OCCO3. The third-order valence-corrected chi connectivity index (χ3v) is 2.92. The van der Waals surface area contributed by atoms with Gasteiger partial charge in [-0.3, -0.25) is 0 Å². The molecule has 0 amide bonds. The number of nitrogens with one attached hydrogen (secondary N) is 1. The van der Waals surface area contributed by atoms with E-state index in [0.29, 0.717) is 17.9 Å². The zero-order valence-electron chi connectivity index (χ0n) is 8.74. The summed E-state index contributed by atoms with van der Waals surface area (Å²) in [5.74, 6) is 1.49. The molecule has 1 aliphatic heterocycles. The molecule has 2 heterocycles. The van der Waals surface area contributed by atoms with Crippen LogP contribution in [0.1, 0.15) is 5.69 Å². The van der Waals surface area contributed by atoms with Gasteiger partial charge in [-0.2, -0.15) is 0 Å². The quantitative estimate of drug-likeness (QED) is 0.711. The van der Waals surface area contributed by atoms with Gasteiger partial charge in [-0.1, -0.05) is 12.2 Å². The first-order chi connectivity index (χ1) is 7.74. The van der Waals surface area contributed by atoms with Crippen molar-refractivity contribution in [2.75, 3.05) is 13.2 Å². The van der Waals surface area contributed by atoms with Crippen LogP contribution in [0.25, 0.3) is 11.0 Å². The second-order valence-electron chi connectivity index (χ2n) is 3.66. The molecule has 0 fully saturated rings. The molecule has 3 rings (SSSR count). The first-order valence-corrected chi connectivity index (χ1v) is 5.45. The highest BCUT2D eigenvalue weighted by Crippen LogP contribution is 2.33. The standard InChI is InChI=1S/C11H10N2O2S/c1-6-11(16)13-8-5-10-9(4-7(8)12-6)14-2-3-15-10/h4-5H,2-3H2,1H3,(H,13,16). The molecule has 1 aromatic heterocycles. The van der Waals surface area contributed by atoms with Crippen molar-refractivity contribution in [1.82, 2.24) is 9.97 Å². The van der Waals surface area contributed by atoms with Gasteiger partial charge in [-0.15, -0.1) is 0 Å². The fourth-order valence-corrected chi connectivity index (χ4v) is 1.87. The maximum Gasteiger partial charge on any atom is 0.163 e. The minimum Gasteiger partial charge on any atom is -0.486 e. The Hall–Kier alpha value is -1.62. The van der Waals surface area contributed by atoms with E-state index in [9.17, 15) is 0 Å². The van der Waals surface area contributed by atoms with E-state index in [1.807, 2.05) is 19.1 Å². The smallest absolute Gasteiger partial charge is 0.163 e. The molecular weight excluding hydrogens is 224 g/mol. The molecular formula is C11H10N2O2S. The summed E-state index contributed by atoms with van der Waals surface area (Å²) in [5, 5.41) is 0. The average molecular weight is 234 g/mol. The Morgan fingerprint density at radius 2 is 1.94 bits per heavy atom. The van der Waals surface area contributed by atoms with Crippen molar-refractivity contribution in [2.45, 2.75) is 6.92 Å². The second-order valence-corrected chi connectivity index (χ2v) is 4.07. The highest BCUT2D eigenvalue weighted by atomic mass is 32.1. The number of ether oxygens (including phenoxy) is 2. The number of aryl methyl sites for hydroxylation is 1. The van der Waals surface area contributed by atoms with Crippen LogP contribution in [0.5, 0.6) is 11.5 Å². The molecule has 1 aliphatic rings. The lowest BCUT2D eigenvalue weighted by Gasteiger charge is -2.18. The molecule has 0 saturated heterocycles. The van der Waals surface area contributed by atoms with Crippen molar-refractivity contribution >= 4 is 23.3 Å². The summed E-state index contributed by atoms with van der Waals surface area (Å²) < 4.78 is 11.6. The highest BCUT2D eigenvalue weighted by Gasteiger charge is 2.13. The molecule has 2 aromatic rings. The number of hydrogen-bond donors (Lipinski definition) is 1. The van der Waals surface area contributed by atoms with Gasteiger partial charge >= 0.3 is 0 Å². The zero-order valence-corrected chi connectivity index (χ0v) is 9.56. The minimum absolute atomic E-state index is 0.582. The van der Waals surface area contributed by atoms with E-state index < -0.39 is 0 Å². The van der Waals surface area contributed by atoms with E-state index in [2.05, 4.69) is 9.97 Å². The van der Waals surface area contributed by atoms with Crippen LogP contribution >= 0.6 is 12.2 Å². The van der Waals surface area contributed by atoms with Crippen molar-refractivity contribution in [3.63, 3.8) is 0 Å². The predicted octanol–water partition coefficient (Wildman–Crippen LogP) is 2.37. The van der Waals surface area contributed by atoms with Crippen LogP contribution in [0.4, 0.5) is 0 Å². The predicted molar refractivity (Wildman–Crippen MR) is 62.7 cm³/mol. The number of nitrogens with zero attached hydrogens (tertiary/aromatic N) is 1. The number of aromatic amines is 1. The van der Waals surface area contributed by atoms with Gasteiger partial charge in [0.05, 0.1) is 16.7 Å². The van der Waals surface area contributed by atoms with Crippen molar-refractivity contribution in [2.24, 2.45) is 0 Å². The monoisotopic (exact) mass is 234 g/mol. The summed E-state index contributed by atoms with van der Waals surface area (Å²) >= 11 is 5.15. The maximum absolute atomic E-state index is 5.50. The van der Waals surface area contributed by atoms with Crippen molar-refractivity contribution in [3.8, 4) is 11.5 Å². The lowest BCUT2D eigenvalue weighted by molar-refractivity contribution is 0.172. The van der Waals surface area contributed by atoms with Gasteiger partial charge < -0.3 is 14.5 Å². The first-order valence-electron chi connectivity index (χ1n) is 5.04. The Morgan fingerprint density at radius 1 is 1.25 bits per heavy atom. The normalized spacial score (nSPS) is 14.1. The van der Waals surface area contributed by atoms with E-state index in [4.69, 9.17) is 21.7 Å². The summed E-state index contributed by atoms with van der Waals surface area (Å²) in [6.45, 7) is 3.05. The van der Waals surface area contributed by atoms with Gasteiger partial charge in [0, 0.05) is 12.1 Å². The van der Waals surface area contributed by atoms with Gasteiger partial charge in [-0.05, 0) is 6.92 Å². The number of fused-ring (bicyclic) bond motifs is 2. The van der Waals surface area contributed by atoms with Crippen molar-refractivity contribution in [3.05, 3.63) is 22.5 Å². The van der Waals surface area contributed by atoms with Crippen LogP contribution in [-0.2, 0) is 0 Å². The number of hydrogen-bond acceptors (Lipinski definition) is 4. The molecule has 0 bridgehead atoms. The first kappa shape index (κ1) is 9.59. The Morgan fingerprint density at radius 3 is 2.69 bits per heavy atom. The van der Waals surface area contributed by atoms with E-state index >= 15 is 0 Å². The van der Waals surface area contributed by atoms with Crippen LogP contribution in [0.2, 0.25) is 0 Å². The van der Waals surface area contributed by atoms with Crippen LogP contribution in [0.3, 0.4) is 0 Å². The van der Waals surface area contributed by atoms with E-state index in [1.54, 1.807) is 0 Å².